The van der Waals surface area contributed by atoms with Gasteiger partial charge in [0.15, 0.2) is 0 Å². The van der Waals surface area contributed by atoms with E-state index >= 15 is 0 Å². The summed E-state index contributed by atoms with van der Waals surface area (Å²) in [5, 5.41) is 0. The molecule has 0 spiro atoms. The maximum Gasteiger partial charge on any atom is 0.242 e. The number of hydrogen-bond acceptors (Lipinski definition) is 3. The first-order valence-electron chi connectivity index (χ1n) is 4.72. The number of para-hydroxylation sites is 1. The first kappa shape index (κ1) is 12.0. The SMILES string of the molecule is Cc1cccc(S(=O)(=O)NC(C)C)c1N. The fourth-order valence-corrected chi connectivity index (χ4v) is 2.72. The molecular weight excluding hydrogens is 212 g/mol. The largest absolute Gasteiger partial charge is 0.397 e. The molecule has 1 rings (SSSR count). The van der Waals surface area contributed by atoms with Crippen molar-refractivity contribution in [2.24, 2.45) is 0 Å². The van der Waals surface area contributed by atoms with Crippen molar-refractivity contribution >= 4 is 15.7 Å². The number of rotatable bonds is 3. The Morgan fingerprint density at radius 1 is 1.33 bits per heavy atom. The molecule has 0 unspecified atom stereocenters. The number of nitrogens with two attached hydrogens (primary N) is 1. The molecule has 3 N–H and O–H groups in total. The summed E-state index contributed by atoms with van der Waals surface area (Å²) in [5.41, 5.74) is 6.80. The Hall–Kier alpha value is -1.07. The van der Waals surface area contributed by atoms with Crippen LogP contribution in [0.2, 0.25) is 0 Å². The molecule has 0 aliphatic heterocycles. The van der Waals surface area contributed by atoms with E-state index in [-0.39, 0.29) is 10.9 Å². The Balaban J connectivity index is 3.22. The Kier molecular flexibility index (Phi) is 3.36. The Labute approximate surface area is 90.5 Å². The summed E-state index contributed by atoms with van der Waals surface area (Å²) in [6.45, 7) is 5.32. The van der Waals surface area contributed by atoms with Gasteiger partial charge in [0.25, 0.3) is 0 Å². The van der Waals surface area contributed by atoms with E-state index in [4.69, 9.17) is 5.73 Å². The van der Waals surface area contributed by atoms with Gasteiger partial charge in [0.2, 0.25) is 10.0 Å². The normalized spacial score (nSPS) is 12.0. The van der Waals surface area contributed by atoms with Crippen molar-refractivity contribution in [2.75, 3.05) is 5.73 Å². The summed E-state index contributed by atoms with van der Waals surface area (Å²) in [7, 11) is -3.49. The number of nitrogens with one attached hydrogen (secondary N) is 1. The average Bonchev–Trinajstić information content (AvgIpc) is 2.07. The Bertz CT molecular complexity index is 452. The Morgan fingerprint density at radius 2 is 1.93 bits per heavy atom. The van der Waals surface area contributed by atoms with Crippen LogP contribution in [0.4, 0.5) is 5.69 Å². The highest BCUT2D eigenvalue weighted by atomic mass is 32.2. The number of nitrogen functional groups attached to an aromatic ring is 1. The molecule has 0 saturated carbocycles. The predicted octanol–water partition coefficient (Wildman–Crippen LogP) is 1.26. The second kappa shape index (κ2) is 4.20. The maximum atomic E-state index is 11.8. The minimum atomic E-state index is -3.49. The van der Waals surface area contributed by atoms with E-state index in [0.29, 0.717) is 5.69 Å². The van der Waals surface area contributed by atoms with Crippen molar-refractivity contribution in [3.05, 3.63) is 23.8 Å². The quantitative estimate of drug-likeness (QED) is 0.765. The summed E-state index contributed by atoms with van der Waals surface area (Å²) in [5.74, 6) is 0. The van der Waals surface area contributed by atoms with Gasteiger partial charge in [-0.1, -0.05) is 12.1 Å². The number of sulfonamides is 1. The van der Waals surface area contributed by atoms with Gasteiger partial charge in [-0.25, -0.2) is 13.1 Å². The fraction of sp³-hybridized carbons (Fsp3) is 0.400. The van der Waals surface area contributed by atoms with Crippen molar-refractivity contribution < 1.29 is 8.42 Å². The summed E-state index contributed by atoms with van der Waals surface area (Å²) in [6.07, 6.45) is 0. The number of aryl methyl sites for hydroxylation is 1. The highest BCUT2D eigenvalue weighted by molar-refractivity contribution is 7.89. The van der Waals surface area contributed by atoms with Gasteiger partial charge in [-0.3, -0.25) is 0 Å². The molecule has 0 radical (unpaired) electrons. The standard InChI is InChI=1S/C10H16N2O2S/c1-7(2)12-15(13,14)9-6-4-5-8(3)10(9)11/h4-7,12H,11H2,1-3H3. The molecule has 1 aromatic rings. The van der Waals surface area contributed by atoms with Crippen LogP contribution in [0.5, 0.6) is 0 Å². The second-order valence-electron chi connectivity index (χ2n) is 3.76. The molecule has 84 valence electrons. The zero-order valence-corrected chi connectivity index (χ0v) is 9.93. The van der Waals surface area contributed by atoms with Crippen molar-refractivity contribution in [2.45, 2.75) is 31.7 Å². The molecule has 0 aliphatic rings. The van der Waals surface area contributed by atoms with Crippen LogP contribution >= 0.6 is 0 Å². The van der Waals surface area contributed by atoms with E-state index in [1.54, 1.807) is 32.9 Å². The number of benzene rings is 1. The van der Waals surface area contributed by atoms with E-state index in [0.717, 1.165) is 5.56 Å². The van der Waals surface area contributed by atoms with Gasteiger partial charge < -0.3 is 5.73 Å². The van der Waals surface area contributed by atoms with Crippen molar-refractivity contribution in [1.29, 1.82) is 0 Å². The molecule has 0 aliphatic carbocycles. The molecule has 1 aromatic carbocycles. The summed E-state index contributed by atoms with van der Waals surface area (Å²) < 4.78 is 26.1. The van der Waals surface area contributed by atoms with Crippen molar-refractivity contribution in [1.82, 2.24) is 4.72 Å². The van der Waals surface area contributed by atoms with E-state index in [1.807, 2.05) is 0 Å². The van der Waals surface area contributed by atoms with Crippen molar-refractivity contribution in [3.63, 3.8) is 0 Å². The van der Waals surface area contributed by atoms with E-state index in [1.165, 1.54) is 6.07 Å². The monoisotopic (exact) mass is 228 g/mol. The van der Waals surface area contributed by atoms with Gasteiger partial charge in [-0.2, -0.15) is 0 Å². The summed E-state index contributed by atoms with van der Waals surface area (Å²) in [6, 6.07) is 4.83. The van der Waals surface area contributed by atoms with Gasteiger partial charge in [0, 0.05) is 6.04 Å². The zero-order chi connectivity index (χ0) is 11.6. The highest BCUT2D eigenvalue weighted by Gasteiger charge is 2.18. The molecular formula is C10H16N2O2S. The van der Waals surface area contributed by atoms with Crippen LogP contribution in [-0.4, -0.2) is 14.5 Å². The fourth-order valence-electron chi connectivity index (χ4n) is 1.26. The predicted molar refractivity (Wildman–Crippen MR) is 61.0 cm³/mol. The average molecular weight is 228 g/mol. The summed E-state index contributed by atoms with van der Waals surface area (Å²) >= 11 is 0. The molecule has 0 fully saturated rings. The van der Waals surface area contributed by atoms with Crippen LogP contribution in [-0.2, 0) is 10.0 Å². The van der Waals surface area contributed by atoms with Gasteiger partial charge >= 0.3 is 0 Å². The maximum absolute atomic E-state index is 11.8. The molecule has 0 heterocycles. The number of anilines is 1. The van der Waals surface area contributed by atoms with Crippen LogP contribution in [0.3, 0.4) is 0 Å². The van der Waals surface area contributed by atoms with Crippen molar-refractivity contribution in [3.8, 4) is 0 Å². The highest BCUT2D eigenvalue weighted by Crippen LogP contribution is 2.21. The minimum Gasteiger partial charge on any atom is -0.397 e. The third-order valence-corrected chi connectivity index (χ3v) is 3.68. The third-order valence-electron chi connectivity index (χ3n) is 1.96. The van der Waals surface area contributed by atoms with Gasteiger partial charge in [-0.05, 0) is 32.4 Å². The van der Waals surface area contributed by atoms with Crippen LogP contribution < -0.4 is 10.5 Å². The van der Waals surface area contributed by atoms with Gasteiger partial charge in [0.05, 0.1) is 5.69 Å². The second-order valence-corrected chi connectivity index (χ2v) is 5.45. The molecule has 5 heteroatoms. The van der Waals surface area contributed by atoms with Crippen LogP contribution in [0.15, 0.2) is 23.1 Å². The van der Waals surface area contributed by atoms with Gasteiger partial charge in [0.1, 0.15) is 4.90 Å². The molecule has 0 saturated heterocycles. The first-order chi connectivity index (χ1) is 6.84. The van der Waals surface area contributed by atoms with E-state index < -0.39 is 10.0 Å². The molecule has 0 aromatic heterocycles. The molecule has 0 atom stereocenters. The van der Waals surface area contributed by atoms with Crippen LogP contribution in [0.1, 0.15) is 19.4 Å². The lowest BCUT2D eigenvalue weighted by Gasteiger charge is -2.12. The smallest absolute Gasteiger partial charge is 0.242 e. The summed E-state index contributed by atoms with van der Waals surface area (Å²) in [4.78, 5) is 0.149. The topological polar surface area (TPSA) is 72.2 Å². The third kappa shape index (κ3) is 2.70. The van der Waals surface area contributed by atoms with Gasteiger partial charge in [-0.15, -0.1) is 0 Å². The molecule has 15 heavy (non-hydrogen) atoms. The zero-order valence-electron chi connectivity index (χ0n) is 9.11. The molecule has 0 amide bonds. The lowest BCUT2D eigenvalue weighted by Crippen LogP contribution is -2.30. The van der Waals surface area contributed by atoms with Crippen LogP contribution in [0.25, 0.3) is 0 Å². The van der Waals surface area contributed by atoms with E-state index in [9.17, 15) is 8.42 Å². The lowest BCUT2D eigenvalue weighted by atomic mass is 10.2. The van der Waals surface area contributed by atoms with Crippen LogP contribution in [0, 0.1) is 6.92 Å². The first-order valence-corrected chi connectivity index (χ1v) is 6.20. The lowest BCUT2D eigenvalue weighted by molar-refractivity contribution is 0.570. The van der Waals surface area contributed by atoms with E-state index in [2.05, 4.69) is 4.72 Å². The number of hydrogen-bond donors (Lipinski definition) is 2. The minimum absolute atomic E-state index is 0.144. The Morgan fingerprint density at radius 3 is 2.47 bits per heavy atom. The molecule has 4 nitrogen and oxygen atoms in total. The molecule has 0 bridgehead atoms.